The highest BCUT2D eigenvalue weighted by Crippen LogP contribution is 2.34. The average Bonchev–Trinajstić information content (AvgIpc) is 3.42. The molecule has 0 fully saturated rings. The van der Waals surface area contributed by atoms with Crippen molar-refractivity contribution in [1.29, 1.82) is 0 Å². The number of esters is 2. The number of benzene rings is 1. The molecule has 4 aromatic rings. The Bertz CT molecular complexity index is 1640. The number of nitrogens with one attached hydrogen (secondary N) is 2. The van der Waals surface area contributed by atoms with Gasteiger partial charge in [0.15, 0.2) is 0 Å². The predicted molar refractivity (Wildman–Crippen MR) is 143 cm³/mol. The summed E-state index contributed by atoms with van der Waals surface area (Å²) in [5.41, 5.74) is 0.898. The molecular formula is C25H22N4O7S2. The summed E-state index contributed by atoms with van der Waals surface area (Å²) in [5.74, 6) is -2.40. The van der Waals surface area contributed by atoms with E-state index in [1.54, 1.807) is 31.2 Å². The first kappa shape index (κ1) is 26.7. The third kappa shape index (κ3) is 5.06. The molecule has 3 heterocycles. The van der Waals surface area contributed by atoms with Crippen molar-refractivity contribution < 1.29 is 28.7 Å². The lowest BCUT2D eigenvalue weighted by molar-refractivity contribution is -0.116. The fraction of sp³-hybridized carbons (Fsp3) is 0.200. The van der Waals surface area contributed by atoms with Crippen LogP contribution in [0.25, 0.3) is 10.2 Å². The molecule has 3 aromatic heterocycles. The van der Waals surface area contributed by atoms with E-state index in [-0.39, 0.29) is 26.7 Å². The summed E-state index contributed by atoms with van der Waals surface area (Å²) in [4.78, 5) is 68.4. The lowest BCUT2D eigenvalue weighted by Crippen LogP contribution is -2.28. The molecule has 0 unspecified atom stereocenters. The van der Waals surface area contributed by atoms with Gasteiger partial charge in [-0.15, -0.1) is 22.7 Å². The van der Waals surface area contributed by atoms with E-state index in [2.05, 4.69) is 15.6 Å². The van der Waals surface area contributed by atoms with Gasteiger partial charge in [0, 0.05) is 5.69 Å². The maximum Gasteiger partial charge on any atom is 0.348 e. The molecule has 0 radical (unpaired) electrons. The molecule has 4 rings (SSSR count). The van der Waals surface area contributed by atoms with Crippen molar-refractivity contribution in [3.8, 4) is 0 Å². The number of thiophene rings is 2. The first-order valence-electron chi connectivity index (χ1n) is 11.1. The number of anilines is 2. The Balaban J connectivity index is 1.60. The normalized spacial score (nSPS) is 10.7. The molecule has 2 N–H and O–H groups in total. The average molecular weight is 555 g/mol. The number of methoxy groups -OCH3 is 2. The minimum absolute atomic E-state index is 0.0231. The molecule has 0 aliphatic carbocycles. The Morgan fingerprint density at radius 1 is 0.921 bits per heavy atom. The Labute approximate surface area is 224 Å². The van der Waals surface area contributed by atoms with Crippen molar-refractivity contribution in [2.24, 2.45) is 0 Å². The van der Waals surface area contributed by atoms with E-state index < -0.39 is 29.9 Å². The fourth-order valence-corrected chi connectivity index (χ4v) is 5.92. The van der Waals surface area contributed by atoms with Gasteiger partial charge in [0.25, 0.3) is 11.5 Å². The molecular weight excluding hydrogens is 532 g/mol. The first-order valence-corrected chi connectivity index (χ1v) is 12.7. The van der Waals surface area contributed by atoms with Gasteiger partial charge < -0.3 is 20.1 Å². The number of aryl methyl sites for hydroxylation is 1. The number of fused-ring (bicyclic) bond motifs is 1. The topological polar surface area (TPSA) is 146 Å². The summed E-state index contributed by atoms with van der Waals surface area (Å²) >= 11 is 1.95. The second-order valence-corrected chi connectivity index (χ2v) is 10.0. The number of carbonyl (C=O) groups excluding carboxylic acids is 4. The number of rotatable bonds is 7. The highest BCUT2D eigenvalue weighted by Gasteiger charge is 2.27. The van der Waals surface area contributed by atoms with E-state index in [0.717, 1.165) is 27.2 Å². The van der Waals surface area contributed by atoms with Gasteiger partial charge in [0.05, 0.1) is 36.4 Å². The molecule has 11 nitrogen and oxygen atoms in total. The van der Waals surface area contributed by atoms with Gasteiger partial charge in [0.1, 0.15) is 21.3 Å². The fourth-order valence-electron chi connectivity index (χ4n) is 3.76. The van der Waals surface area contributed by atoms with Crippen LogP contribution in [0.2, 0.25) is 0 Å². The molecule has 2 amide bonds. The number of ether oxygens (including phenoxy) is 2. The largest absolute Gasteiger partial charge is 0.465 e. The summed E-state index contributed by atoms with van der Waals surface area (Å²) in [7, 11) is 2.39. The van der Waals surface area contributed by atoms with Gasteiger partial charge in [0.2, 0.25) is 5.91 Å². The molecule has 38 heavy (non-hydrogen) atoms. The Hall–Kier alpha value is -4.36. The molecule has 0 aliphatic heterocycles. The number of amides is 2. The van der Waals surface area contributed by atoms with Gasteiger partial charge in [-0.25, -0.2) is 14.6 Å². The summed E-state index contributed by atoms with van der Waals surface area (Å²) in [5, 5.41) is 5.70. The second-order valence-electron chi connectivity index (χ2n) is 8.03. The highest BCUT2D eigenvalue weighted by molar-refractivity contribution is 7.20. The van der Waals surface area contributed by atoms with Crippen molar-refractivity contribution in [3.05, 3.63) is 73.5 Å². The molecule has 13 heteroatoms. The summed E-state index contributed by atoms with van der Waals surface area (Å²) in [6.45, 7) is 2.77. The summed E-state index contributed by atoms with van der Waals surface area (Å²) in [6, 6.07) is 8.91. The Morgan fingerprint density at radius 2 is 1.61 bits per heavy atom. The van der Waals surface area contributed by atoms with Crippen LogP contribution in [0.1, 0.15) is 40.8 Å². The molecule has 196 valence electrons. The number of carbonyl (C=O) groups is 4. The van der Waals surface area contributed by atoms with Crippen LogP contribution < -0.4 is 16.2 Å². The first-order chi connectivity index (χ1) is 18.2. The van der Waals surface area contributed by atoms with Gasteiger partial charge in [-0.1, -0.05) is 18.2 Å². The van der Waals surface area contributed by atoms with Crippen molar-refractivity contribution in [3.63, 3.8) is 0 Å². The predicted octanol–water partition coefficient (Wildman–Crippen LogP) is 3.60. The standard InChI is InChI=1S/C25H22N4O7S2/c1-12-16-21(37-18(12)20(31)27-14-8-6-5-7-9-14)26-11-29(23(16)32)10-15(30)28-22-17(24(33)35-3)13(2)19(38-22)25(34)36-4/h5-9,11H,10H2,1-4H3,(H,27,31)(H,28,30). The van der Waals surface area contributed by atoms with Crippen LogP contribution in [0.5, 0.6) is 0 Å². The van der Waals surface area contributed by atoms with E-state index in [9.17, 15) is 24.0 Å². The third-order valence-electron chi connectivity index (χ3n) is 5.63. The van der Waals surface area contributed by atoms with Gasteiger partial charge >= 0.3 is 11.9 Å². The molecule has 0 atom stereocenters. The van der Waals surface area contributed by atoms with Gasteiger partial charge in [-0.3, -0.25) is 19.0 Å². The molecule has 0 bridgehead atoms. The second kappa shape index (κ2) is 10.9. The lowest BCUT2D eigenvalue weighted by Gasteiger charge is -2.08. The van der Waals surface area contributed by atoms with Crippen LogP contribution in [0.3, 0.4) is 0 Å². The van der Waals surface area contributed by atoms with Crippen molar-refractivity contribution in [2.75, 3.05) is 24.9 Å². The number of aromatic nitrogens is 2. The zero-order valence-electron chi connectivity index (χ0n) is 20.7. The number of nitrogens with zero attached hydrogens (tertiary/aromatic N) is 2. The van der Waals surface area contributed by atoms with Crippen molar-refractivity contribution in [1.82, 2.24) is 9.55 Å². The van der Waals surface area contributed by atoms with Crippen LogP contribution in [0.4, 0.5) is 10.7 Å². The van der Waals surface area contributed by atoms with E-state index in [1.807, 2.05) is 6.07 Å². The monoisotopic (exact) mass is 554 g/mol. The Kier molecular flexibility index (Phi) is 7.69. The molecule has 0 saturated heterocycles. The molecule has 0 saturated carbocycles. The molecule has 1 aromatic carbocycles. The molecule has 0 spiro atoms. The zero-order valence-corrected chi connectivity index (χ0v) is 22.4. The van der Waals surface area contributed by atoms with Crippen LogP contribution >= 0.6 is 22.7 Å². The third-order valence-corrected chi connectivity index (χ3v) is 8.02. The van der Waals surface area contributed by atoms with Crippen molar-refractivity contribution >= 4 is 67.3 Å². The summed E-state index contributed by atoms with van der Waals surface area (Å²) < 4.78 is 10.6. The zero-order chi connectivity index (χ0) is 27.6. The van der Waals surface area contributed by atoms with Gasteiger partial charge in [-0.05, 0) is 37.1 Å². The van der Waals surface area contributed by atoms with Gasteiger partial charge in [-0.2, -0.15) is 0 Å². The van der Waals surface area contributed by atoms with E-state index in [4.69, 9.17) is 9.47 Å². The smallest absolute Gasteiger partial charge is 0.348 e. The number of hydrogen-bond acceptors (Lipinski definition) is 10. The van der Waals surface area contributed by atoms with Crippen LogP contribution in [0, 0.1) is 13.8 Å². The van der Waals surface area contributed by atoms with E-state index in [1.165, 1.54) is 27.5 Å². The quantitative estimate of drug-likeness (QED) is 0.330. The maximum atomic E-state index is 13.2. The number of hydrogen-bond donors (Lipinski definition) is 2. The van der Waals surface area contributed by atoms with E-state index in [0.29, 0.717) is 26.5 Å². The van der Waals surface area contributed by atoms with E-state index >= 15 is 0 Å². The number of para-hydroxylation sites is 1. The maximum absolute atomic E-state index is 13.2. The van der Waals surface area contributed by atoms with Crippen LogP contribution in [-0.4, -0.2) is 47.5 Å². The minimum atomic E-state index is -0.736. The highest BCUT2D eigenvalue weighted by atomic mass is 32.1. The SMILES string of the molecule is COC(=O)c1sc(NC(=O)Cn2cnc3sc(C(=O)Nc4ccccc4)c(C)c3c2=O)c(C(=O)OC)c1C. The Morgan fingerprint density at radius 3 is 2.26 bits per heavy atom. The lowest BCUT2D eigenvalue weighted by atomic mass is 10.1. The summed E-state index contributed by atoms with van der Waals surface area (Å²) in [6.07, 6.45) is 1.22. The van der Waals surface area contributed by atoms with Crippen molar-refractivity contribution in [2.45, 2.75) is 20.4 Å². The minimum Gasteiger partial charge on any atom is -0.465 e. The van der Waals surface area contributed by atoms with Crippen LogP contribution in [-0.2, 0) is 20.8 Å². The molecule has 0 aliphatic rings. The van der Waals surface area contributed by atoms with Crippen LogP contribution in [0.15, 0.2) is 41.5 Å².